The smallest absolute Gasteiger partial charge is 0.309 e. The van der Waals surface area contributed by atoms with E-state index >= 15 is 0 Å². The molecule has 0 aliphatic carbocycles. The fourth-order valence-corrected chi connectivity index (χ4v) is 2.96. The summed E-state index contributed by atoms with van der Waals surface area (Å²) in [5, 5.41) is 18.2. The number of likely N-dealkylation sites (tertiary alicyclic amines) is 1. The maximum Gasteiger partial charge on any atom is 0.309 e. The van der Waals surface area contributed by atoms with Gasteiger partial charge in [0.2, 0.25) is 0 Å². The molecule has 0 aromatic heterocycles. The van der Waals surface area contributed by atoms with Crippen molar-refractivity contribution in [1.29, 1.82) is 0 Å². The molecule has 0 saturated carbocycles. The first-order valence-electron chi connectivity index (χ1n) is 7.04. The molecule has 0 bridgehead atoms. The summed E-state index contributed by atoms with van der Waals surface area (Å²) in [6.07, 6.45) is 0.698. The lowest BCUT2D eigenvalue weighted by Gasteiger charge is -2.35. The molecule has 4 N–H and O–H groups in total. The van der Waals surface area contributed by atoms with Crippen molar-refractivity contribution >= 4 is 17.8 Å². The molecule has 0 radical (unpaired) electrons. The van der Waals surface area contributed by atoms with E-state index in [0.29, 0.717) is 19.4 Å². The lowest BCUT2D eigenvalue weighted by molar-refractivity contribution is -0.161. The molecule has 2 aliphatic rings. The van der Waals surface area contributed by atoms with Crippen molar-refractivity contribution in [1.82, 2.24) is 4.90 Å². The summed E-state index contributed by atoms with van der Waals surface area (Å²) in [6, 6.07) is 0. The zero-order valence-corrected chi connectivity index (χ0v) is 11.6. The van der Waals surface area contributed by atoms with Gasteiger partial charge in [-0.1, -0.05) is 0 Å². The number of nitrogens with two attached hydrogens (primary N) is 1. The van der Waals surface area contributed by atoms with Crippen molar-refractivity contribution in [2.24, 2.45) is 17.6 Å². The average Bonchev–Trinajstić information content (AvgIpc) is 2.94. The van der Waals surface area contributed by atoms with Gasteiger partial charge in [-0.25, -0.2) is 0 Å². The fraction of sp³-hybridized carbons (Fsp3) is 0.769. The zero-order chi connectivity index (χ0) is 15.6. The summed E-state index contributed by atoms with van der Waals surface area (Å²) in [5.74, 6) is -4.61. The first kappa shape index (κ1) is 15.7. The fourth-order valence-electron chi connectivity index (χ4n) is 2.96. The van der Waals surface area contributed by atoms with Crippen LogP contribution in [0.1, 0.15) is 19.3 Å². The van der Waals surface area contributed by atoms with Gasteiger partial charge >= 0.3 is 11.9 Å². The minimum Gasteiger partial charge on any atom is -0.481 e. The number of carbonyl (C=O) groups excluding carboxylic acids is 1. The van der Waals surface area contributed by atoms with Crippen LogP contribution in [0, 0.1) is 11.8 Å². The molecule has 0 aromatic carbocycles. The lowest BCUT2D eigenvalue weighted by Crippen LogP contribution is -2.51. The van der Waals surface area contributed by atoms with Gasteiger partial charge in [-0.3, -0.25) is 14.4 Å². The SMILES string of the molecule is NCC1CCC(C(=O)N2CCC(C(=O)O)C(C(=O)O)C2)O1. The topological polar surface area (TPSA) is 130 Å². The Bertz CT molecular complexity index is 440. The van der Waals surface area contributed by atoms with Crippen LogP contribution in [0.3, 0.4) is 0 Å². The quantitative estimate of drug-likeness (QED) is 0.615. The van der Waals surface area contributed by atoms with Crippen LogP contribution in [-0.4, -0.2) is 64.8 Å². The Kier molecular flexibility index (Phi) is 4.79. The number of carbonyl (C=O) groups is 3. The van der Waals surface area contributed by atoms with Gasteiger partial charge in [0.1, 0.15) is 6.10 Å². The number of nitrogens with zero attached hydrogens (tertiary/aromatic N) is 1. The van der Waals surface area contributed by atoms with E-state index in [-0.39, 0.29) is 31.5 Å². The first-order chi connectivity index (χ1) is 9.93. The number of hydrogen-bond donors (Lipinski definition) is 3. The molecule has 0 spiro atoms. The van der Waals surface area contributed by atoms with Crippen molar-refractivity contribution in [3.05, 3.63) is 0 Å². The molecule has 2 aliphatic heterocycles. The molecule has 1 amide bonds. The van der Waals surface area contributed by atoms with E-state index in [0.717, 1.165) is 0 Å². The van der Waals surface area contributed by atoms with Gasteiger partial charge < -0.3 is 25.6 Å². The van der Waals surface area contributed by atoms with Crippen LogP contribution in [0.25, 0.3) is 0 Å². The third kappa shape index (κ3) is 3.33. The van der Waals surface area contributed by atoms with Crippen LogP contribution in [-0.2, 0) is 19.1 Å². The summed E-state index contributed by atoms with van der Waals surface area (Å²) in [6.45, 7) is 0.508. The molecule has 2 fully saturated rings. The summed E-state index contributed by atoms with van der Waals surface area (Å²) >= 11 is 0. The summed E-state index contributed by atoms with van der Waals surface area (Å²) in [4.78, 5) is 36.0. The molecular formula is C13H20N2O6. The molecule has 0 aromatic rings. The number of hydrogen-bond acceptors (Lipinski definition) is 5. The van der Waals surface area contributed by atoms with Crippen LogP contribution < -0.4 is 5.73 Å². The van der Waals surface area contributed by atoms with Gasteiger partial charge in [0.15, 0.2) is 0 Å². The Morgan fingerprint density at radius 3 is 2.29 bits per heavy atom. The molecule has 2 heterocycles. The zero-order valence-electron chi connectivity index (χ0n) is 11.6. The predicted octanol–water partition coefficient (Wildman–Crippen LogP) is -0.873. The minimum absolute atomic E-state index is 0.0850. The second-order valence-corrected chi connectivity index (χ2v) is 5.52. The first-order valence-corrected chi connectivity index (χ1v) is 7.04. The molecule has 118 valence electrons. The van der Waals surface area contributed by atoms with Crippen molar-refractivity contribution < 1.29 is 29.3 Å². The number of amides is 1. The van der Waals surface area contributed by atoms with E-state index in [1.807, 2.05) is 0 Å². The molecule has 8 nitrogen and oxygen atoms in total. The largest absolute Gasteiger partial charge is 0.481 e. The van der Waals surface area contributed by atoms with E-state index < -0.39 is 29.9 Å². The second-order valence-electron chi connectivity index (χ2n) is 5.52. The highest BCUT2D eigenvalue weighted by molar-refractivity contribution is 5.84. The third-order valence-electron chi connectivity index (χ3n) is 4.20. The van der Waals surface area contributed by atoms with Gasteiger partial charge in [-0.05, 0) is 19.3 Å². The average molecular weight is 300 g/mol. The molecule has 2 saturated heterocycles. The van der Waals surface area contributed by atoms with Gasteiger partial charge in [-0.2, -0.15) is 0 Å². The lowest BCUT2D eigenvalue weighted by atomic mass is 9.85. The number of aliphatic carboxylic acids is 2. The molecular weight excluding hydrogens is 280 g/mol. The van der Waals surface area contributed by atoms with E-state index in [1.54, 1.807) is 0 Å². The molecule has 8 heteroatoms. The minimum atomic E-state index is -1.19. The molecule has 4 unspecified atom stereocenters. The van der Waals surface area contributed by atoms with Crippen LogP contribution in [0.2, 0.25) is 0 Å². The third-order valence-corrected chi connectivity index (χ3v) is 4.20. The van der Waals surface area contributed by atoms with Gasteiger partial charge in [-0.15, -0.1) is 0 Å². The van der Waals surface area contributed by atoms with Gasteiger partial charge in [0.05, 0.1) is 17.9 Å². The Labute approximate surface area is 121 Å². The summed E-state index contributed by atoms with van der Waals surface area (Å²) in [7, 11) is 0. The van der Waals surface area contributed by atoms with Crippen LogP contribution in [0.4, 0.5) is 0 Å². The van der Waals surface area contributed by atoms with E-state index in [4.69, 9.17) is 20.7 Å². The second kappa shape index (κ2) is 6.40. The van der Waals surface area contributed by atoms with E-state index in [2.05, 4.69) is 0 Å². The number of carboxylic acid groups (broad SMARTS) is 2. The number of rotatable bonds is 4. The van der Waals surface area contributed by atoms with Crippen molar-refractivity contribution in [3.8, 4) is 0 Å². The summed E-state index contributed by atoms with van der Waals surface area (Å²) in [5.41, 5.74) is 5.50. The standard InChI is InChI=1S/C13H20N2O6/c14-5-7-1-2-10(21-7)11(16)15-4-3-8(12(17)18)9(6-15)13(19)20/h7-10H,1-6,14H2,(H,17,18)(H,19,20). The number of piperidine rings is 1. The van der Waals surface area contributed by atoms with Crippen LogP contribution in [0.5, 0.6) is 0 Å². The normalized spacial score (nSPS) is 32.9. The monoisotopic (exact) mass is 300 g/mol. The highest BCUT2D eigenvalue weighted by Gasteiger charge is 2.42. The highest BCUT2D eigenvalue weighted by Crippen LogP contribution is 2.27. The van der Waals surface area contributed by atoms with Crippen molar-refractivity contribution in [2.45, 2.75) is 31.5 Å². The number of carboxylic acids is 2. The van der Waals surface area contributed by atoms with Crippen molar-refractivity contribution in [2.75, 3.05) is 19.6 Å². The number of ether oxygens (including phenoxy) is 1. The van der Waals surface area contributed by atoms with E-state index in [9.17, 15) is 14.4 Å². The Morgan fingerprint density at radius 2 is 1.76 bits per heavy atom. The molecule has 2 rings (SSSR count). The van der Waals surface area contributed by atoms with Gasteiger partial charge in [0, 0.05) is 19.6 Å². The predicted molar refractivity (Wildman–Crippen MR) is 70.4 cm³/mol. The maximum absolute atomic E-state index is 12.3. The van der Waals surface area contributed by atoms with Crippen molar-refractivity contribution in [3.63, 3.8) is 0 Å². The van der Waals surface area contributed by atoms with E-state index in [1.165, 1.54) is 4.90 Å². The molecule has 21 heavy (non-hydrogen) atoms. The van der Waals surface area contributed by atoms with Gasteiger partial charge in [0.25, 0.3) is 5.91 Å². The van der Waals surface area contributed by atoms with Crippen LogP contribution >= 0.6 is 0 Å². The Hall–Kier alpha value is -1.67. The maximum atomic E-state index is 12.3. The van der Waals surface area contributed by atoms with Crippen LogP contribution in [0.15, 0.2) is 0 Å². The highest BCUT2D eigenvalue weighted by atomic mass is 16.5. The summed E-state index contributed by atoms with van der Waals surface area (Å²) < 4.78 is 5.52. The Morgan fingerprint density at radius 1 is 1.10 bits per heavy atom. The Balaban J connectivity index is 2.00. The molecule has 4 atom stereocenters.